The number of H-pyrrole nitrogens is 1. The van der Waals surface area contributed by atoms with Gasteiger partial charge in [0, 0.05) is 23.5 Å². The summed E-state index contributed by atoms with van der Waals surface area (Å²) in [5.74, 6) is 0. The van der Waals surface area contributed by atoms with Crippen LogP contribution in [-0.2, 0) is 0 Å². The van der Waals surface area contributed by atoms with Gasteiger partial charge in [0.2, 0.25) is 0 Å². The number of halogens is 1. The van der Waals surface area contributed by atoms with Crippen LogP contribution < -0.4 is 5.56 Å². The van der Waals surface area contributed by atoms with Crippen molar-refractivity contribution < 1.29 is 0 Å². The molecule has 0 aliphatic heterocycles. The summed E-state index contributed by atoms with van der Waals surface area (Å²) in [6, 6.07) is 3.07. The van der Waals surface area contributed by atoms with Crippen molar-refractivity contribution in [1.29, 1.82) is 0 Å². The van der Waals surface area contributed by atoms with Gasteiger partial charge in [0.1, 0.15) is 5.65 Å². The molecule has 0 aliphatic carbocycles. The van der Waals surface area contributed by atoms with E-state index in [1.165, 1.54) is 10.5 Å². The Bertz CT molecular complexity index is 443. The second kappa shape index (κ2) is 2.13. The van der Waals surface area contributed by atoms with Crippen LogP contribution in [0.2, 0.25) is 5.02 Å². The highest BCUT2D eigenvalue weighted by Crippen LogP contribution is 2.06. The minimum atomic E-state index is -0.117. The van der Waals surface area contributed by atoms with Gasteiger partial charge >= 0.3 is 0 Å². The molecule has 0 bridgehead atoms. The van der Waals surface area contributed by atoms with Crippen LogP contribution in [0.25, 0.3) is 5.65 Å². The van der Waals surface area contributed by atoms with Crippen molar-refractivity contribution in [2.75, 3.05) is 0 Å². The zero-order valence-electron chi connectivity index (χ0n) is 5.54. The van der Waals surface area contributed by atoms with E-state index in [2.05, 4.69) is 4.98 Å². The first kappa shape index (κ1) is 6.49. The highest BCUT2D eigenvalue weighted by molar-refractivity contribution is 6.30. The lowest BCUT2D eigenvalue weighted by Gasteiger charge is -1.91. The zero-order valence-corrected chi connectivity index (χ0v) is 6.30. The Balaban J connectivity index is 3.02. The summed E-state index contributed by atoms with van der Waals surface area (Å²) in [7, 11) is 0. The van der Waals surface area contributed by atoms with Gasteiger partial charge in [-0.2, -0.15) is 0 Å². The van der Waals surface area contributed by atoms with Crippen molar-refractivity contribution >= 4 is 17.2 Å². The molecule has 1 N–H and O–H groups in total. The molecular weight excluding hydrogens is 164 g/mol. The Morgan fingerprint density at radius 3 is 3.09 bits per heavy atom. The van der Waals surface area contributed by atoms with E-state index in [0.717, 1.165) is 0 Å². The predicted octanol–water partition coefficient (Wildman–Crippen LogP) is 1.28. The Morgan fingerprint density at radius 1 is 1.45 bits per heavy atom. The maximum absolute atomic E-state index is 11.1. The molecule has 2 heterocycles. The first-order valence-corrected chi connectivity index (χ1v) is 3.50. The van der Waals surface area contributed by atoms with Crippen molar-refractivity contribution in [3.8, 4) is 0 Å². The van der Waals surface area contributed by atoms with Crippen LogP contribution >= 0.6 is 11.6 Å². The van der Waals surface area contributed by atoms with Gasteiger partial charge in [0.05, 0.1) is 0 Å². The first-order valence-electron chi connectivity index (χ1n) is 3.13. The van der Waals surface area contributed by atoms with Crippen molar-refractivity contribution in [2.45, 2.75) is 0 Å². The van der Waals surface area contributed by atoms with Gasteiger partial charge in [-0.25, -0.2) is 0 Å². The highest BCUT2D eigenvalue weighted by Gasteiger charge is 1.96. The molecule has 0 amide bonds. The van der Waals surface area contributed by atoms with E-state index in [1.807, 2.05) is 0 Å². The van der Waals surface area contributed by atoms with E-state index in [-0.39, 0.29) is 5.56 Å². The normalized spacial score (nSPS) is 10.6. The topological polar surface area (TPSA) is 37.3 Å². The number of aromatic nitrogens is 2. The standard InChI is InChI=1S/C7H5ClN2O/c8-5-3-6-9-1-2-10(6)7(11)4-5/h1-4,9H. The number of aromatic amines is 1. The molecular formula is C7H5ClN2O. The van der Waals surface area contributed by atoms with E-state index in [1.54, 1.807) is 18.5 Å². The average Bonchev–Trinajstić information content (AvgIpc) is 2.34. The summed E-state index contributed by atoms with van der Waals surface area (Å²) >= 11 is 5.65. The number of hydrogen-bond donors (Lipinski definition) is 1. The Morgan fingerprint density at radius 2 is 2.27 bits per heavy atom. The fourth-order valence-corrected chi connectivity index (χ4v) is 1.21. The maximum atomic E-state index is 11.1. The van der Waals surface area contributed by atoms with E-state index in [4.69, 9.17) is 11.6 Å². The summed E-state index contributed by atoms with van der Waals surface area (Å²) in [6.45, 7) is 0. The predicted molar refractivity (Wildman–Crippen MR) is 43.0 cm³/mol. The van der Waals surface area contributed by atoms with Crippen LogP contribution in [0.15, 0.2) is 29.3 Å². The minimum absolute atomic E-state index is 0.117. The number of fused-ring (bicyclic) bond motifs is 1. The van der Waals surface area contributed by atoms with Crippen molar-refractivity contribution in [3.05, 3.63) is 39.9 Å². The van der Waals surface area contributed by atoms with E-state index in [0.29, 0.717) is 10.7 Å². The number of pyridine rings is 1. The first-order chi connectivity index (χ1) is 5.27. The molecule has 0 fully saturated rings. The molecule has 0 radical (unpaired) electrons. The Hall–Kier alpha value is -1.22. The molecule has 56 valence electrons. The van der Waals surface area contributed by atoms with Gasteiger partial charge in [0.25, 0.3) is 5.56 Å². The fourth-order valence-electron chi connectivity index (χ4n) is 1.01. The lowest BCUT2D eigenvalue weighted by atomic mass is 10.5. The van der Waals surface area contributed by atoms with Crippen molar-refractivity contribution in [3.63, 3.8) is 0 Å². The second-order valence-electron chi connectivity index (χ2n) is 2.23. The van der Waals surface area contributed by atoms with Gasteiger partial charge in [0.15, 0.2) is 0 Å². The second-order valence-corrected chi connectivity index (χ2v) is 2.66. The van der Waals surface area contributed by atoms with Gasteiger partial charge in [-0.05, 0) is 6.07 Å². The zero-order chi connectivity index (χ0) is 7.84. The lowest BCUT2D eigenvalue weighted by Crippen LogP contribution is -2.08. The molecule has 0 saturated carbocycles. The quantitative estimate of drug-likeness (QED) is 0.632. The molecule has 0 aromatic carbocycles. The van der Waals surface area contributed by atoms with Gasteiger partial charge < -0.3 is 4.98 Å². The van der Waals surface area contributed by atoms with E-state index >= 15 is 0 Å². The number of imidazole rings is 1. The largest absolute Gasteiger partial charge is 0.346 e. The van der Waals surface area contributed by atoms with Gasteiger partial charge in [-0.15, -0.1) is 0 Å². The maximum Gasteiger partial charge on any atom is 0.257 e. The number of rotatable bonds is 0. The number of nitrogens with zero attached hydrogens (tertiary/aromatic N) is 1. The summed E-state index contributed by atoms with van der Waals surface area (Å²) in [5, 5.41) is 0.456. The van der Waals surface area contributed by atoms with Crippen LogP contribution in [0, 0.1) is 0 Å². The highest BCUT2D eigenvalue weighted by atomic mass is 35.5. The third kappa shape index (κ3) is 0.935. The van der Waals surface area contributed by atoms with Crippen molar-refractivity contribution in [1.82, 2.24) is 9.38 Å². The summed E-state index contributed by atoms with van der Waals surface area (Å²) in [4.78, 5) is 14.0. The number of nitrogens with one attached hydrogen (secondary N) is 1. The Kier molecular flexibility index (Phi) is 1.26. The fraction of sp³-hybridized carbons (Fsp3) is 0. The van der Waals surface area contributed by atoms with Crippen LogP contribution in [0.1, 0.15) is 0 Å². The molecule has 0 unspecified atom stereocenters. The van der Waals surface area contributed by atoms with E-state index < -0.39 is 0 Å². The molecule has 11 heavy (non-hydrogen) atoms. The van der Waals surface area contributed by atoms with Gasteiger partial charge in [-0.3, -0.25) is 9.20 Å². The number of hydrogen-bond acceptors (Lipinski definition) is 1. The summed E-state index contributed by atoms with van der Waals surface area (Å²) in [5.41, 5.74) is 0.594. The third-order valence-electron chi connectivity index (χ3n) is 1.49. The third-order valence-corrected chi connectivity index (χ3v) is 1.71. The molecule has 0 atom stereocenters. The lowest BCUT2D eigenvalue weighted by molar-refractivity contribution is 1.11. The molecule has 2 aromatic rings. The van der Waals surface area contributed by atoms with Gasteiger partial charge in [-0.1, -0.05) is 11.6 Å². The molecule has 2 rings (SSSR count). The molecule has 3 nitrogen and oxygen atoms in total. The molecule has 2 aromatic heterocycles. The Labute approximate surface area is 67.2 Å². The smallest absolute Gasteiger partial charge is 0.257 e. The summed E-state index contributed by atoms with van der Waals surface area (Å²) in [6.07, 6.45) is 3.35. The van der Waals surface area contributed by atoms with E-state index in [9.17, 15) is 4.79 Å². The SMILES string of the molecule is O=c1cc(Cl)cc2[nH]ccn12. The van der Waals surface area contributed by atoms with Crippen LogP contribution in [0.4, 0.5) is 0 Å². The van der Waals surface area contributed by atoms with Crippen LogP contribution in [0.5, 0.6) is 0 Å². The van der Waals surface area contributed by atoms with Crippen molar-refractivity contribution in [2.24, 2.45) is 0 Å². The average molecular weight is 169 g/mol. The summed E-state index contributed by atoms with van der Waals surface area (Å²) < 4.78 is 1.49. The molecule has 0 saturated heterocycles. The molecule has 0 aliphatic rings. The monoisotopic (exact) mass is 168 g/mol. The molecule has 0 spiro atoms. The van der Waals surface area contributed by atoms with Crippen LogP contribution in [-0.4, -0.2) is 9.38 Å². The van der Waals surface area contributed by atoms with Crippen LogP contribution in [0.3, 0.4) is 0 Å². The minimum Gasteiger partial charge on any atom is -0.346 e. The molecule has 4 heteroatoms.